The molecule has 0 saturated carbocycles. The molecular weight excluding hydrogens is 245 g/mol. The van der Waals surface area contributed by atoms with Gasteiger partial charge in [-0.05, 0) is 36.2 Å². The second-order valence-corrected chi connectivity index (χ2v) is 4.33. The van der Waals surface area contributed by atoms with E-state index >= 15 is 0 Å². The van der Waals surface area contributed by atoms with Crippen LogP contribution in [0.1, 0.15) is 5.56 Å². The van der Waals surface area contributed by atoms with Crippen LogP contribution in [0.5, 0.6) is 11.5 Å². The van der Waals surface area contributed by atoms with Crippen LogP contribution >= 0.6 is 0 Å². The van der Waals surface area contributed by atoms with Crippen LogP contribution in [0, 0.1) is 5.82 Å². The van der Waals surface area contributed by atoms with Gasteiger partial charge in [0.1, 0.15) is 5.75 Å². The molecule has 100 valence electrons. The topological polar surface area (TPSA) is 55.5 Å². The lowest BCUT2D eigenvalue weighted by Crippen LogP contribution is -2.26. The number of hydrogen-bond donors (Lipinski definition) is 2. The van der Waals surface area contributed by atoms with E-state index in [0.29, 0.717) is 12.2 Å². The van der Waals surface area contributed by atoms with Crippen LogP contribution in [0.4, 0.5) is 4.39 Å². The monoisotopic (exact) mass is 261 g/mol. The van der Waals surface area contributed by atoms with Crippen LogP contribution in [0.2, 0.25) is 0 Å². The zero-order chi connectivity index (χ0) is 13.7. The van der Waals surface area contributed by atoms with Gasteiger partial charge in [-0.15, -0.1) is 0 Å². The first-order chi connectivity index (χ1) is 9.19. The molecule has 2 rings (SSSR count). The van der Waals surface area contributed by atoms with Crippen molar-refractivity contribution >= 4 is 0 Å². The maximum Gasteiger partial charge on any atom is 0.165 e. The molecule has 0 amide bonds. The Kier molecular flexibility index (Phi) is 4.49. The van der Waals surface area contributed by atoms with Gasteiger partial charge in [0, 0.05) is 6.04 Å². The average molecular weight is 261 g/mol. The minimum absolute atomic E-state index is 0.105. The van der Waals surface area contributed by atoms with Gasteiger partial charge in [-0.1, -0.05) is 24.3 Å². The first-order valence-corrected chi connectivity index (χ1v) is 6.07. The van der Waals surface area contributed by atoms with E-state index in [-0.39, 0.29) is 18.4 Å². The van der Waals surface area contributed by atoms with Gasteiger partial charge in [-0.2, -0.15) is 0 Å². The molecule has 0 fully saturated rings. The Morgan fingerprint density at radius 2 is 1.89 bits per heavy atom. The lowest BCUT2D eigenvalue weighted by molar-refractivity contribution is 0.265. The van der Waals surface area contributed by atoms with Crippen molar-refractivity contribution in [2.24, 2.45) is 5.73 Å². The second kappa shape index (κ2) is 6.31. The Bertz CT molecular complexity index is 531. The molecule has 3 N–H and O–H groups in total. The predicted octanol–water partition coefficient (Wildman–Crippen LogP) is 2.48. The second-order valence-electron chi connectivity index (χ2n) is 4.33. The molecule has 2 aromatic rings. The molecule has 0 radical (unpaired) electrons. The number of para-hydroxylation sites is 1. The summed E-state index contributed by atoms with van der Waals surface area (Å²) in [5.74, 6) is 0.309. The number of benzene rings is 2. The smallest absolute Gasteiger partial charge is 0.165 e. The van der Waals surface area contributed by atoms with Crippen molar-refractivity contribution < 1.29 is 14.2 Å². The van der Waals surface area contributed by atoms with Crippen LogP contribution in [0.3, 0.4) is 0 Å². The van der Waals surface area contributed by atoms with Crippen LogP contribution in [0.25, 0.3) is 0 Å². The van der Waals surface area contributed by atoms with Gasteiger partial charge in [0.15, 0.2) is 11.6 Å². The summed E-state index contributed by atoms with van der Waals surface area (Å²) in [6, 6.07) is 13.3. The normalized spacial score (nSPS) is 12.2. The number of ether oxygens (including phenoxy) is 1. The largest absolute Gasteiger partial charge is 0.454 e. The SMILES string of the molecule is NC(CO)Cc1ccc(F)c(Oc2ccccc2)c1. The third-order valence-electron chi connectivity index (χ3n) is 2.70. The molecule has 0 saturated heterocycles. The van der Waals surface area contributed by atoms with Crippen molar-refractivity contribution in [1.82, 2.24) is 0 Å². The van der Waals surface area contributed by atoms with Gasteiger partial charge < -0.3 is 15.6 Å². The van der Waals surface area contributed by atoms with E-state index in [1.54, 1.807) is 24.3 Å². The lowest BCUT2D eigenvalue weighted by Gasteiger charge is -2.11. The van der Waals surface area contributed by atoms with E-state index in [4.69, 9.17) is 15.6 Å². The van der Waals surface area contributed by atoms with Crippen molar-refractivity contribution in [3.8, 4) is 11.5 Å². The molecular formula is C15H16FNO2. The third-order valence-corrected chi connectivity index (χ3v) is 2.70. The van der Waals surface area contributed by atoms with Crippen LogP contribution in [0.15, 0.2) is 48.5 Å². The Labute approximate surface area is 111 Å². The molecule has 1 unspecified atom stereocenters. The molecule has 0 heterocycles. The van der Waals surface area contributed by atoms with E-state index in [9.17, 15) is 4.39 Å². The molecule has 0 aliphatic carbocycles. The van der Waals surface area contributed by atoms with E-state index in [0.717, 1.165) is 5.56 Å². The van der Waals surface area contributed by atoms with Crippen LogP contribution in [-0.2, 0) is 6.42 Å². The molecule has 4 heteroatoms. The molecule has 2 aromatic carbocycles. The minimum atomic E-state index is -0.426. The van der Waals surface area contributed by atoms with E-state index in [1.807, 2.05) is 18.2 Å². The average Bonchev–Trinajstić information content (AvgIpc) is 2.43. The fourth-order valence-electron chi connectivity index (χ4n) is 1.74. The highest BCUT2D eigenvalue weighted by molar-refractivity contribution is 5.35. The van der Waals surface area contributed by atoms with E-state index in [2.05, 4.69) is 0 Å². The summed E-state index contributed by atoms with van der Waals surface area (Å²) in [5, 5.41) is 8.92. The maximum atomic E-state index is 13.7. The number of halogens is 1. The molecule has 0 aromatic heterocycles. The van der Waals surface area contributed by atoms with Crippen molar-refractivity contribution in [2.75, 3.05) is 6.61 Å². The van der Waals surface area contributed by atoms with Gasteiger partial charge in [-0.25, -0.2) is 4.39 Å². The summed E-state index contributed by atoms with van der Waals surface area (Å²) in [5.41, 5.74) is 6.49. The summed E-state index contributed by atoms with van der Waals surface area (Å²) in [6.07, 6.45) is 0.474. The number of nitrogens with two attached hydrogens (primary N) is 1. The molecule has 1 atom stereocenters. The molecule has 3 nitrogen and oxygen atoms in total. The summed E-state index contributed by atoms with van der Waals surface area (Å²) < 4.78 is 19.2. The maximum absolute atomic E-state index is 13.7. The van der Waals surface area contributed by atoms with Crippen molar-refractivity contribution in [3.05, 3.63) is 59.9 Å². The predicted molar refractivity (Wildman–Crippen MR) is 71.7 cm³/mol. The zero-order valence-electron chi connectivity index (χ0n) is 10.4. The van der Waals surface area contributed by atoms with E-state index < -0.39 is 5.82 Å². The standard InChI is InChI=1S/C15H16FNO2/c16-14-7-6-11(8-12(17)10-18)9-15(14)19-13-4-2-1-3-5-13/h1-7,9,12,18H,8,10,17H2. The van der Waals surface area contributed by atoms with Gasteiger partial charge >= 0.3 is 0 Å². The van der Waals surface area contributed by atoms with Crippen LogP contribution in [-0.4, -0.2) is 17.8 Å². The fourth-order valence-corrected chi connectivity index (χ4v) is 1.74. The summed E-state index contributed by atoms with van der Waals surface area (Å²) in [6.45, 7) is -0.105. The molecule has 0 aliphatic heterocycles. The zero-order valence-corrected chi connectivity index (χ0v) is 10.4. The Balaban J connectivity index is 2.17. The summed E-state index contributed by atoms with van der Waals surface area (Å²) >= 11 is 0. The third kappa shape index (κ3) is 3.77. The van der Waals surface area contributed by atoms with Gasteiger partial charge in [0.05, 0.1) is 6.61 Å². The Hall–Kier alpha value is -1.91. The Morgan fingerprint density at radius 3 is 2.58 bits per heavy atom. The molecule has 0 spiro atoms. The highest BCUT2D eigenvalue weighted by Gasteiger charge is 2.08. The first-order valence-electron chi connectivity index (χ1n) is 6.07. The molecule has 19 heavy (non-hydrogen) atoms. The van der Waals surface area contributed by atoms with Crippen LogP contribution < -0.4 is 10.5 Å². The van der Waals surface area contributed by atoms with Crippen molar-refractivity contribution in [1.29, 1.82) is 0 Å². The number of hydrogen-bond acceptors (Lipinski definition) is 3. The van der Waals surface area contributed by atoms with Crippen molar-refractivity contribution in [3.63, 3.8) is 0 Å². The fraction of sp³-hybridized carbons (Fsp3) is 0.200. The minimum Gasteiger partial charge on any atom is -0.454 e. The first kappa shape index (κ1) is 13.5. The van der Waals surface area contributed by atoms with Gasteiger partial charge in [-0.3, -0.25) is 0 Å². The highest BCUT2D eigenvalue weighted by Crippen LogP contribution is 2.25. The lowest BCUT2D eigenvalue weighted by atomic mass is 10.1. The van der Waals surface area contributed by atoms with Crippen molar-refractivity contribution in [2.45, 2.75) is 12.5 Å². The summed E-state index contributed by atoms with van der Waals surface area (Å²) in [7, 11) is 0. The number of aliphatic hydroxyl groups excluding tert-OH is 1. The quantitative estimate of drug-likeness (QED) is 0.869. The summed E-state index contributed by atoms with van der Waals surface area (Å²) in [4.78, 5) is 0. The molecule has 0 bridgehead atoms. The highest BCUT2D eigenvalue weighted by atomic mass is 19.1. The number of aliphatic hydroxyl groups is 1. The van der Waals surface area contributed by atoms with Gasteiger partial charge in [0.25, 0.3) is 0 Å². The molecule has 0 aliphatic rings. The Morgan fingerprint density at radius 1 is 1.16 bits per heavy atom. The van der Waals surface area contributed by atoms with Gasteiger partial charge in [0.2, 0.25) is 0 Å². The number of rotatable bonds is 5. The van der Waals surface area contributed by atoms with E-state index in [1.165, 1.54) is 6.07 Å².